The van der Waals surface area contributed by atoms with E-state index in [4.69, 9.17) is 0 Å². The second-order valence-corrected chi connectivity index (χ2v) is 4.86. The van der Waals surface area contributed by atoms with E-state index in [1.807, 2.05) is 6.92 Å². The molecule has 0 bridgehead atoms. The normalized spacial score (nSPS) is 28.8. The Morgan fingerprint density at radius 3 is 2.62 bits per heavy atom. The molecule has 0 radical (unpaired) electrons. The third kappa shape index (κ3) is 3.28. The lowest BCUT2D eigenvalue weighted by atomic mass is 9.84. The Labute approximate surface area is 81.7 Å². The van der Waals surface area contributed by atoms with Gasteiger partial charge in [0.15, 0.2) is 0 Å². The van der Waals surface area contributed by atoms with Crippen molar-refractivity contribution in [3.8, 4) is 0 Å². The first-order valence-corrected chi connectivity index (χ1v) is 5.48. The van der Waals surface area contributed by atoms with E-state index in [9.17, 15) is 5.11 Å². The van der Waals surface area contributed by atoms with Gasteiger partial charge in [0, 0.05) is 6.04 Å². The van der Waals surface area contributed by atoms with Crippen molar-refractivity contribution in [1.29, 1.82) is 0 Å². The van der Waals surface area contributed by atoms with E-state index in [0.29, 0.717) is 12.0 Å². The van der Waals surface area contributed by atoms with Crippen LogP contribution < -0.4 is 5.32 Å². The Kier molecular flexibility index (Phi) is 3.74. The van der Waals surface area contributed by atoms with Crippen molar-refractivity contribution in [3.05, 3.63) is 0 Å². The summed E-state index contributed by atoms with van der Waals surface area (Å²) in [7, 11) is 0. The van der Waals surface area contributed by atoms with Crippen LogP contribution in [0.5, 0.6) is 0 Å². The Morgan fingerprint density at radius 2 is 2.15 bits per heavy atom. The van der Waals surface area contributed by atoms with Gasteiger partial charge in [0.2, 0.25) is 0 Å². The Balaban J connectivity index is 2.37. The molecule has 0 spiro atoms. The van der Waals surface area contributed by atoms with Crippen LogP contribution in [-0.2, 0) is 0 Å². The van der Waals surface area contributed by atoms with Gasteiger partial charge in [-0.15, -0.1) is 0 Å². The van der Waals surface area contributed by atoms with Crippen molar-refractivity contribution >= 4 is 0 Å². The van der Waals surface area contributed by atoms with Crippen molar-refractivity contribution in [2.45, 2.75) is 58.1 Å². The molecule has 0 amide bonds. The maximum atomic E-state index is 10.1. The fourth-order valence-electron chi connectivity index (χ4n) is 1.83. The Morgan fingerprint density at radius 1 is 1.46 bits per heavy atom. The van der Waals surface area contributed by atoms with E-state index in [1.165, 1.54) is 19.3 Å². The lowest BCUT2D eigenvalue weighted by molar-refractivity contribution is -0.00599. The maximum Gasteiger partial charge on any atom is 0.0657 e. The van der Waals surface area contributed by atoms with Crippen LogP contribution in [0, 0.1) is 5.92 Å². The zero-order valence-electron chi connectivity index (χ0n) is 9.14. The number of rotatable bonds is 3. The minimum absolute atomic E-state index is 0.344. The van der Waals surface area contributed by atoms with Gasteiger partial charge in [-0.25, -0.2) is 0 Å². The molecule has 1 saturated heterocycles. The summed E-state index contributed by atoms with van der Waals surface area (Å²) in [4.78, 5) is 0. The van der Waals surface area contributed by atoms with E-state index in [2.05, 4.69) is 19.2 Å². The average molecular weight is 185 g/mol. The molecule has 0 saturated carbocycles. The van der Waals surface area contributed by atoms with Crippen molar-refractivity contribution in [2.75, 3.05) is 6.54 Å². The molecule has 13 heavy (non-hydrogen) atoms. The Bertz CT molecular complexity index is 148. The van der Waals surface area contributed by atoms with Crippen molar-refractivity contribution in [2.24, 2.45) is 5.92 Å². The highest BCUT2D eigenvalue weighted by Crippen LogP contribution is 2.24. The largest absolute Gasteiger partial charge is 0.390 e. The maximum absolute atomic E-state index is 10.1. The highest BCUT2D eigenvalue weighted by Gasteiger charge is 2.29. The van der Waals surface area contributed by atoms with Gasteiger partial charge in [0.05, 0.1) is 5.60 Å². The van der Waals surface area contributed by atoms with Gasteiger partial charge < -0.3 is 10.4 Å². The van der Waals surface area contributed by atoms with Crippen LogP contribution in [0.4, 0.5) is 0 Å². The molecule has 2 unspecified atom stereocenters. The molecule has 2 heteroatoms. The molecule has 78 valence electrons. The molecule has 0 aromatic heterocycles. The molecule has 0 aromatic rings. The third-order valence-corrected chi connectivity index (χ3v) is 3.32. The van der Waals surface area contributed by atoms with E-state index in [0.717, 1.165) is 13.0 Å². The quantitative estimate of drug-likeness (QED) is 0.704. The van der Waals surface area contributed by atoms with Crippen molar-refractivity contribution in [1.82, 2.24) is 5.32 Å². The molecule has 1 aliphatic rings. The molecule has 2 N–H and O–H groups in total. The van der Waals surface area contributed by atoms with Gasteiger partial charge in [0.1, 0.15) is 0 Å². The molecule has 0 aromatic carbocycles. The second kappa shape index (κ2) is 4.43. The van der Waals surface area contributed by atoms with Gasteiger partial charge in [-0.05, 0) is 38.6 Å². The van der Waals surface area contributed by atoms with Gasteiger partial charge in [0.25, 0.3) is 0 Å². The first-order valence-electron chi connectivity index (χ1n) is 5.48. The molecule has 2 nitrogen and oxygen atoms in total. The fourth-order valence-corrected chi connectivity index (χ4v) is 1.83. The van der Waals surface area contributed by atoms with Crippen LogP contribution in [0.15, 0.2) is 0 Å². The summed E-state index contributed by atoms with van der Waals surface area (Å²) in [5.74, 6) is 0.344. The van der Waals surface area contributed by atoms with E-state index in [1.54, 1.807) is 0 Å². The van der Waals surface area contributed by atoms with Crippen LogP contribution in [0.25, 0.3) is 0 Å². The van der Waals surface area contributed by atoms with Gasteiger partial charge in [-0.2, -0.15) is 0 Å². The summed E-state index contributed by atoms with van der Waals surface area (Å²) in [5.41, 5.74) is -0.505. The van der Waals surface area contributed by atoms with Crippen LogP contribution in [0.1, 0.15) is 46.5 Å². The molecule has 0 aliphatic carbocycles. The summed E-state index contributed by atoms with van der Waals surface area (Å²) in [6.45, 7) is 7.25. The zero-order valence-corrected chi connectivity index (χ0v) is 9.14. The SMILES string of the molecule is CC(C)C(C)(O)CC1CCCCN1. The van der Waals surface area contributed by atoms with E-state index in [-0.39, 0.29) is 0 Å². The lowest BCUT2D eigenvalue weighted by Gasteiger charge is -2.34. The first kappa shape index (κ1) is 11.0. The number of nitrogens with one attached hydrogen (secondary N) is 1. The van der Waals surface area contributed by atoms with E-state index < -0.39 is 5.60 Å². The van der Waals surface area contributed by atoms with Gasteiger partial charge >= 0.3 is 0 Å². The highest BCUT2D eigenvalue weighted by atomic mass is 16.3. The predicted octanol–water partition coefficient (Wildman–Crippen LogP) is 1.93. The molecule has 1 rings (SSSR count). The first-order chi connectivity index (χ1) is 6.02. The average Bonchev–Trinajstić information content (AvgIpc) is 2.05. The summed E-state index contributed by atoms with van der Waals surface area (Å²) >= 11 is 0. The molecular weight excluding hydrogens is 162 g/mol. The summed E-state index contributed by atoms with van der Waals surface area (Å²) < 4.78 is 0. The number of piperidine rings is 1. The third-order valence-electron chi connectivity index (χ3n) is 3.32. The van der Waals surface area contributed by atoms with Crippen molar-refractivity contribution < 1.29 is 5.11 Å². The smallest absolute Gasteiger partial charge is 0.0657 e. The second-order valence-electron chi connectivity index (χ2n) is 4.86. The monoisotopic (exact) mass is 185 g/mol. The predicted molar refractivity (Wildman–Crippen MR) is 55.7 cm³/mol. The molecule has 1 heterocycles. The highest BCUT2D eigenvalue weighted by molar-refractivity contribution is 4.84. The summed E-state index contributed by atoms with van der Waals surface area (Å²) in [5, 5.41) is 13.6. The summed E-state index contributed by atoms with van der Waals surface area (Å²) in [6.07, 6.45) is 4.72. The van der Waals surface area contributed by atoms with Gasteiger partial charge in [-0.3, -0.25) is 0 Å². The topological polar surface area (TPSA) is 32.3 Å². The number of aliphatic hydroxyl groups is 1. The molecular formula is C11H23NO. The minimum atomic E-state index is -0.505. The minimum Gasteiger partial charge on any atom is -0.390 e. The van der Waals surface area contributed by atoms with Crippen LogP contribution in [-0.4, -0.2) is 23.3 Å². The fraction of sp³-hybridized carbons (Fsp3) is 1.00. The van der Waals surface area contributed by atoms with E-state index >= 15 is 0 Å². The van der Waals surface area contributed by atoms with Crippen LogP contribution in [0.3, 0.4) is 0 Å². The molecule has 1 fully saturated rings. The lowest BCUT2D eigenvalue weighted by Crippen LogP contribution is -2.43. The number of hydrogen-bond donors (Lipinski definition) is 2. The Hall–Kier alpha value is -0.0800. The van der Waals surface area contributed by atoms with Crippen LogP contribution >= 0.6 is 0 Å². The number of hydrogen-bond acceptors (Lipinski definition) is 2. The standard InChI is InChI=1S/C11H23NO/c1-9(2)11(3,13)8-10-6-4-5-7-12-10/h9-10,12-13H,4-8H2,1-3H3. The van der Waals surface area contributed by atoms with Gasteiger partial charge in [-0.1, -0.05) is 20.3 Å². The summed E-state index contributed by atoms with van der Waals surface area (Å²) in [6, 6.07) is 0.533. The van der Waals surface area contributed by atoms with Crippen molar-refractivity contribution in [3.63, 3.8) is 0 Å². The molecule has 1 aliphatic heterocycles. The van der Waals surface area contributed by atoms with Crippen LogP contribution in [0.2, 0.25) is 0 Å². The zero-order chi connectivity index (χ0) is 9.90. The molecule has 2 atom stereocenters.